The fourth-order valence-corrected chi connectivity index (χ4v) is 2.24. The Morgan fingerprint density at radius 3 is 2.39 bits per heavy atom. The zero-order valence-electron chi connectivity index (χ0n) is 10.8. The molecule has 0 atom stereocenters. The van der Waals surface area contributed by atoms with E-state index in [2.05, 4.69) is 13.0 Å². The Morgan fingerprint density at radius 1 is 1.06 bits per heavy atom. The topological polar surface area (TPSA) is 17.1 Å². The number of halogens is 1. The van der Waals surface area contributed by atoms with Crippen molar-refractivity contribution >= 4 is 17.4 Å². The summed E-state index contributed by atoms with van der Waals surface area (Å²) in [5.74, 6) is 0.0665. The fraction of sp³-hybridized carbons (Fsp3) is 0.188. The Hall–Kier alpha value is -1.60. The summed E-state index contributed by atoms with van der Waals surface area (Å²) in [4.78, 5) is 11.4. The molecule has 0 amide bonds. The highest BCUT2D eigenvalue weighted by molar-refractivity contribution is 6.33. The molecule has 2 aromatic rings. The third-order valence-corrected chi connectivity index (χ3v) is 3.48. The minimum absolute atomic E-state index is 0.0665. The molecule has 0 bridgehead atoms. The van der Waals surface area contributed by atoms with E-state index in [0.29, 0.717) is 5.56 Å². The van der Waals surface area contributed by atoms with Crippen LogP contribution in [0.1, 0.15) is 28.4 Å². The van der Waals surface area contributed by atoms with Gasteiger partial charge in [0.1, 0.15) is 0 Å². The summed E-state index contributed by atoms with van der Waals surface area (Å²) in [7, 11) is 0. The maximum Gasteiger partial charge on any atom is 0.159 e. The van der Waals surface area contributed by atoms with Gasteiger partial charge in [-0.05, 0) is 55.7 Å². The van der Waals surface area contributed by atoms with Gasteiger partial charge in [-0.3, -0.25) is 4.79 Å². The lowest BCUT2D eigenvalue weighted by molar-refractivity contribution is 0.101. The SMILES string of the molecule is CC(=O)c1cccc(-c2cc(C)c(C)cc2Cl)c1. The Bertz CT molecular complexity index is 614. The molecule has 1 nitrogen and oxygen atoms in total. The van der Waals surface area contributed by atoms with Gasteiger partial charge in [-0.15, -0.1) is 0 Å². The summed E-state index contributed by atoms with van der Waals surface area (Å²) in [6, 6.07) is 11.6. The average molecular weight is 259 g/mol. The van der Waals surface area contributed by atoms with E-state index in [-0.39, 0.29) is 5.78 Å². The predicted molar refractivity (Wildman–Crippen MR) is 76.4 cm³/mol. The smallest absolute Gasteiger partial charge is 0.159 e. The van der Waals surface area contributed by atoms with Crippen LogP contribution in [0.5, 0.6) is 0 Å². The molecule has 0 spiro atoms. The molecule has 0 N–H and O–H groups in total. The number of hydrogen-bond acceptors (Lipinski definition) is 1. The molecule has 0 radical (unpaired) electrons. The van der Waals surface area contributed by atoms with Gasteiger partial charge in [0.15, 0.2) is 5.78 Å². The zero-order chi connectivity index (χ0) is 13.3. The zero-order valence-corrected chi connectivity index (χ0v) is 11.5. The minimum Gasteiger partial charge on any atom is -0.295 e. The van der Waals surface area contributed by atoms with E-state index in [1.54, 1.807) is 6.92 Å². The molecule has 0 saturated carbocycles. The highest BCUT2D eigenvalue weighted by atomic mass is 35.5. The predicted octanol–water partition coefficient (Wildman–Crippen LogP) is 4.83. The Balaban J connectivity index is 2.58. The lowest BCUT2D eigenvalue weighted by Gasteiger charge is -2.09. The molecule has 0 saturated heterocycles. The Morgan fingerprint density at radius 2 is 1.72 bits per heavy atom. The van der Waals surface area contributed by atoms with Crippen molar-refractivity contribution in [2.24, 2.45) is 0 Å². The quantitative estimate of drug-likeness (QED) is 0.706. The number of hydrogen-bond donors (Lipinski definition) is 0. The summed E-state index contributed by atoms with van der Waals surface area (Å²) in [6.07, 6.45) is 0. The Labute approximate surface area is 112 Å². The van der Waals surface area contributed by atoms with Crippen molar-refractivity contribution in [2.45, 2.75) is 20.8 Å². The van der Waals surface area contributed by atoms with E-state index in [1.165, 1.54) is 11.1 Å². The number of benzene rings is 2. The molecule has 0 aromatic heterocycles. The van der Waals surface area contributed by atoms with Crippen molar-refractivity contribution < 1.29 is 4.79 Å². The van der Waals surface area contributed by atoms with Crippen LogP contribution in [0, 0.1) is 13.8 Å². The summed E-state index contributed by atoms with van der Waals surface area (Å²) < 4.78 is 0. The lowest BCUT2D eigenvalue weighted by Crippen LogP contribution is -1.92. The van der Waals surface area contributed by atoms with Crippen LogP contribution in [0.25, 0.3) is 11.1 Å². The first-order valence-electron chi connectivity index (χ1n) is 5.87. The van der Waals surface area contributed by atoms with E-state index in [4.69, 9.17) is 11.6 Å². The van der Waals surface area contributed by atoms with Crippen molar-refractivity contribution in [2.75, 3.05) is 0 Å². The molecular weight excluding hydrogens is 244 g/mol. The maximum atomic E-state index is 11.4. The molecular formula is C16H15ClO. The molecule has 2 heteroatoms. The monoisotopic (exact) mass is 258 g/mol. The van der Waals surface area contributed by atoms with Crippen LogP contribution in [0.15, 0.2) is 36.4 Å². The molecule has 0 aliphatic heterocycles. The molecule has 2 aromatic carbocycles. The number of ketones is 1. The summed E-state index contributed by atoms with van der Waals surface area (Å²) in [5.41, 5.74) is 5.04. The highest BCUT2D eigenvalue weighted by Gasteiger charge is 2.08. The van der Waals surface area contributed by atoms with Crippen molar-refractivity contribution in [3.8, 4) is 11.1 Å². The van der Waals surface area contributed by atoms with E-state index in [1.807, 2.05) is 37.3 Å². The average Bonchev–Trinajstić information content (AvgIpc) is 2.34. The standard InChI is InChI=1S/C16H15ClO/c1-10-7-15(16(17)8-11(10)2)14-6-4-5-13(9-14)12(3)18/h4-9H,1-3H3. The first-order chi connectivity index (χ1) is 8.49. The number of Topliss-reactive ketones (excluding diaryl/α,β-unsaturated/α-hetero) is 1. The number of carbonyl (C=O) groups excluding carboxylic acids is 1. The third kappa shape index (κ3) is 2.46. The normalized spacial score (nSPS) is 10.4. The van der Waals surface area contributed by atoms with Crippen molar-refractivity contribution in [1.82, 2.24) is 0 Å². The van der Waals surface area contributed by atoms with Crippen LogP contribution in [-0.4, -0.2) is 5.78 Å². The molecule has 0 unspecified atom stereocenters. The second-order valence-electron chi connectivity index (χ2n) is 4.55. The minimum atomic E-state index is 0.0665. The summed E-state index contributed by atoms with van der Waals surface area (Å²) >= 11 is 6.28. The van der Waals surface area contributed by atoms with E-state index < -0.39 is 0 Å². The number of carbonyl (C=O) groups is 1. The van der Waals surface area contributed by atoms with Crippen LogP contribution in [-0.2, 0) is 0 Å². The second-order valence-corrected chi connectivity index (χ2v) is 4.96. The second kappa shape index (κ2) is 4.95. The van der Waals surface area contributed by atoms with Crippen LogP contribution < -0.4 is 0 Å². The van der Waals surface area contributed by atoms with Crippen LogP contribution in [0.2, 0.25) is 5.02 Å². The van der Waals surface area contributed by atoms with Crippen molar-refractivity contribution in [3.05, 3.63) is 58.1 Å². The molecule has 92 valence electrons. The fourth-order valence-electron chi connectivity index (χ4n) is 1.91. The first kappa shape index (κ1) is 12.8. The largest absolute Gasteiger partial charge is 0.295 e. The molecule has 18 heavy (non-hydrogen) atoms. The van der Waals surface area contributed by atoms with Gasteiger partial charge in [0, 0.05) is 16.1 Å². The van der Waals surface area contributed by atoms with Gasteiger partial charge in [0.05, 0.1) is 0 Å². The van der Waals surface area contributed by atoms with E-state index >= 15 is 0 Å². The van der Waals surface area contributed by atoms with Gasteiger partial charge in [-0.1, -0.05) is 29.8 Å². The maximum absolute atomic E-state index is 11.4. The molecule has 2 rings (SSSR count). The van der Waals surface area contributed by atoms with Crippen LogP contribution >= 0.6 is 11.6 Å². The molecule has 0 fully saturated rings. The van der Waals surface area contributed by atoms with Gasteiger partial charge >= 0.3 is 0 Å². The van der Waals surface area contributed by atoms with Gasteiger partial charge < -0.3 is 0 Å². The van der Waals surface area contributed by atoms with Gasteiger partial charge in [0.25, 0.3) is 0 Å². The number of rotatable bonds is 2. The van der Waals surface area contributed by atoms with E-state index in [9.17, 15) is 4.79 Å². The van der Waals surface area contributed by atoms with Crippen molar-refractivity contribution in [1.29, 1.82) is 0 Å². The summed E-state index contributed by atoms with van der Waals surface area (Å²) in [6.45, 7) is 5.67. The molecule has 0 aliphatic rings. The molecule has 0 aliphatic carbocycles. The molecule has 0 heterocycles. The lowest BCUT2D eigenvalue weighted by atomic mass is 9.98. The van der Waals surface area contributed by atoms with Crippen molar-refractivity contribution in [3.63, 3.8) is 0 Å². The van der Waals surface area contributed by atoms with E-state index in [0.717, 1.165) is 16.1 Å². The van der Waals surface area contributed by atoms with Gasteiger partial charge in [-0.2, -0.15) is 0 Å². The number of aryl methyl sites for hydroxylation is 2. The Kier molecular flexibility index (Phi) is 3.53. The first-order valence-corrected chi connectivity index (χ1v) is 6.25. The van der Waals surface area contributed by atoms with Gasteiger partial charge in [0.2, 0.25) is 0 Å². The van der Waals surface area contributed by atoms with Crippen LogP contribution in [0.3, 0.4) is 0 Å². The van der Waals surface area contributed by atoms with Crippen LogP contribution in [0.4, 0.5) is 0 Å². The summed E-state index contributed by atoms with van der Waals surface area (Å²) in [5, 5.41) is 0.721. The van der Waals surface area contributed by atoms with Gasteiger partial charge in [-0.25, -0.2) is 0 Å². The highest BCUT2D eigenvalue weighted by Crippen LogP contribution is 2.31. The third-order valence-electron chi connectivity index (χ3n) is 3.16.